The zero-order valence-corrected chi connectivity index (χ0v) is 18.4. The van der Waals surface area contributed by atoms with E-state index in [4.69, 9.17) is 16.0 Å². The number of fused-ring (bicyclic) bond motifs is 2. The van der Waals surface area contributed by atoms with Crippen molar-refractivity contribution in [3.05, 3.63) is 79.7 Å². The molecule has 3 aromatic rings. The molecule has 1 aromatic heterocycles. The monoisotopic (exact) mass is 423 g/mol. The second-order valence-corrected chi connectivity index (χ2v) is 8.38. The first-order chi connectivity index (χ1) is 14.5. The van der Waals surface area contributed by atoms with E-state index >= 15 is 0 Å². The molecule has 1 aliphatic heterocycles. The summed E-state index contributed by atoms with van der Waals surface area (Å²) in [6, 6.07) is 11.1. The van der Waals surface area contributed by atoms with E-state index in [9.17, 15) is 9.59 Å². The van der Waals surface area contributed by atoms with Crippen molar-refractivity contribution >= 4 is 28.5 Å². The Morgan fingerprint density at radius 2 is 1.80 bits per heavy atom. The lowest BCUT2D eigenvalue weighted by atomic mass is 9.97. The molecule has 0 bridgehead atoms. The van der Waals surface area contributed by atoms with Crippen LogP contribution in [0, 0.1) is 6.92 Å². The Hall–Kier alpha value is -2.59. The fourth-order valence-electron chi connectivity index (χ4n) is 4.19. The molecular formula is C25H26ClNO3. The highest BCUT2D eigenvalue weighted by Crippen LogP contribution is 2.39. The number of halogens is 1. The van der Waals surface area contributed by atoms with E-state index in [-0.39, 0.29) is 17.1 Å². The van der Waals surface area contributed by atoms with Crippen LogP contribution >= 0.6 is 11.6 Å². The van der Waals surface area contributed by atoms with E-state index in [0.29, 0.717) is 28.1 Å². The van der Waals surface area contributed by atoms with Crippen molar-refractivity contribution in [2.24, 2.45) is 0 Å². The van der Waals surface area contributed by atoms with Gasteiger partial charge in [0.15, 0.2) is 5.43 Å². The molecule has 0 radical (unpaired) electrons. The Morgan fingerprint density at radius 3 is 2.47 bits per heavy atom. The molecule has 0 aliphatic carbocycles. The van der Waals surface area contributed by atoms with Gasteiger partial charge in [0.2, 0.25) is 5.76 Å². The average Bonchev–Trinajstić information content (AvgIpc) is 3.02. The number of aryl methyl sites for hydroxylation is 2. The van der Waals surface area contributed by atoms with Gasteiger partial charge in [0, 0.05) is 11.6 Å². The second-order valence-electron chi connectivity index (χ2n) is 7.97. The standard InChI is InChI=1S/C25H26ClNO3/c1-4-6-7-12-27-22(17-10-8-16(5-2)9-11-17)21-23(28)18-14-19(26)15(3)13-20(18)30-24(21)25(27)29/h8-11,13-14,22H,4-7,12H2,1-3H3. The molecule has 30 heavy (non-hydrogen) atoms. The number of carbonyl (C=O) groups is 1. The number of hydrogen-bond donors (Lipinski definition) is 0. The highest BCUT2D eigenvalue weighted by atomic mass is 35.5. The predicted molar refractivity (Wildman–Crippen MR) is 120 cm³/mol. The first kappa shape index (κ1) is 20.7. The van der Waals surface area contributed by atoms with E-state index in [0.717, 1.165) is 36.8 Å². The molecule has 0 saturated heterocycles. The fraction of sp³-hybridized carbons (Fsp3) is 0.360. The number of nitrogens with zero attached hydrogens (tertiary/aromatic N) is 1. The molecule has 1 amide bonds. The van der Waals surface area contributed by atoms with Crippen LogP contribution in [0.4, 0.5) is 0 Å². The highest BCUT2D eigenvalue weighted by molar-refractivity contribution is 6.32. The van der Waals surface area contributed by atoms with E-state index in [1.54, 1.807) is 17.0 Å². The lowest BCUT2D eigenvalue weighted by molar-refractivity contribution is 0.0724. The summed E-state index contributed by atoms with van der Waals surface area (Å²) in [7, 11) is 0. The van der Waals surface area contributed by atoms with E-state index < -0.39 is 6.04 Å². The van der Waals surface area contributed by atoms with Crippen LogP contribution in [0.15, 0.2) is 45.6 Å². The molecular weight excluding hydrogens is 398 g/mol. The zero-order chi connectivity index (χ0) is 21.4. The minimum Gasteiger partial charge on any atom is -0.450 e. The molecule has 4 rings (SSSR count). The summed E-state index contributed by atoms with van der Waals surface area (Å²) >= 11 is 6.28. The van der Waals surface area contributed by atoms with Crippen molar-refractivity contribution in [2.75, 3.05) is 6.54 Å². The summed E-state index contributed by atoms with van der Waals surface area (Å²) in [5, 5.41) is 0.936. The number of carbonyl (C=O) groups excluding carboxylic acids is 1. The molecule has 4 nitrogen and oxygen atoms in total. The van der Waals surface area contributed by atoms with Crippen molar-refractivity contribution in [2.45, 2.75) is 52.5 Å². The third-order valence-electron chi connectivity index (χ3n) is 5.95. The Labute approximate surface area is 181 Å². The van der Waals surface area contributed by atoms with Gasteiger partial charge in [0.1, 0.15) is 5.58 Å². The number of hydrogen-bond acceptors (Lipinski definition) is 3. The van der Waals surface area contributed by atoms with Crippen LogP contribution in [0.2, 0.25) is 5.02 Å². The van der Waals surface area contributed by atoms with Gasteiger partial charge in [-0.15, -0.1) is 0 Å². The molecule has 1 atom stereocenters. The van der Waals surface area contributed by atoms with Gasteiger partial charge >= 0.3 is 0 Å². The third kappa shape index (κ3) is 3.43. The molecule has 1 unspecified atom stereocenters. The summed E-state index contributed by atoms with van der Waals surface area (Å²) < 4.78 is 6.02. The molecule has 0 fully saturated rings. The molecule has 0 spiro atoms. The van der Waals surface area contributed by atoms with Gasteiger partial charge < -0.3 is 9.32 Å². The minimum atomic E-state index is -0.434. The van der Waals surface area contributed by atoms with Gasteiger partial charge in [0.25, 0.3) is 5.91 Å². The molecule has 0 saturated carbocycles. The van der Waals surface area contributed by atoms with Crippen LogP contribution in [0.25, 0.3) is 11.0 Å². The lowest BCUT2D eigenvalue weighted by Crippen LogP contribution is -2.30. The average molecular weight is 424 g/mol. The second kappa shape index (κ2) is 8.27. The largest absolute Gasteiger partial charge is 0.450 e. The van der Waals surface area contributed by atoms with E-state index in [2.05, 4.69) is 26.0 Å². The van der Waals surface area contributed by atoms with E-state index in [1.165, 1.54) is 5.56 Å². The number of benzene rings is 2. The molecule has 5 heteroatoms. The predicted octanol–water partition coefficient (Wildman–Crippen LogP) is 6.05. The Bertz CT molecular complexity index is 1160. The van der Waals surface area contributed by atoms with Crippen LogP contribution in [0.1, 0.15) is 72.0 Å². The number of rotatable bonds is 6. The molecule has 156 valence electrons. The SMILES string of the molecule is CCCCCN1C(=O)c2oc3cc(C)c(Cl)cc3c(=O)c2C1c1ccc(CC)cc1. The summed E-state index contributed by atoms with van der Waals surface area (Å²) in [6.45, 7) is 6.68. The Morgan fingerprint density at radius 1 is 1.07 bits per heavy atom. The van der Waals surface area contributed by atoms with Crippen LogP contribution in [-0.4, -0.2) is 17.4 Å². The minimum absolute atomic E-state index is 0.162. The van der Waals surface area contributed by atoms with E-state index in [1.807, 2.05) is 19.1 Å². The number of unbranched alkanes of at least 4 members (excludes halogenated alkanes) is 2. The fourth-order valence-corrected chi connectivity index (χ4v) is 4.35. The van der Waals surface area contributed by atoms with Crippen molar-refractivity contribution in [1.82, 2.24) is 4.90 Å². The van der Waals surface area contributed by atoms with Crippen molar-refractivity contribution in [3.8, 4) is 0 Å². The van der Waals surface area contributed by atoms with Crippen molar-refractivity contribution < 1.29 is 9.21 Å². The maximum atomic E-state index is 13.5. The van der Waals surface area contributed by atoms with Crippen LogP contribution in [0.5, 0.6) is 0 Å². The summed E-state index contributed by atoms with van der Waals surface area (Å²) in [6.07, 6.45) is 3.91. The van der Waals surface area contributed by atoms with Crippen LogP contribution in [-0.2, 0) is 6.42 Å². The lowest BCUT2D eigenvalue weighted by Gasteiger charge is -2.25. The van der Waals surface area contributed by atoms with Gasteiger partial charge in [0.05, 0.1) is 17.0 Å². The number of amides is 1. The van der Waals surface area contributed by atoms with Crippen molar-refractivity contribution in [1.29, 1.82) is 0 Å². The highest BCUT2D eigenvalue weighted by Gasteiger charge is 2.42. The third-order valence-corrected chi connectivity index (χ3v) is 6.36. The normalized spacial score (nSPS) is 15.8. The molecule has 0 N–H and O–H groups in total. The smallest absolute Gasteiger partial charge is 0.290 e. The van der Waals surface area contributed by atoms with Gasteiger partial charge in [-0.2, -0.15) is 0 Å². The van der Waals surface area contributed by atoms with Gasteiger partial charge in [-0.1, -0.05) is 62.6 Å². The Kier molecular flexibility index (Phi) is 5.70. The van der Waals surface area contributed by atoms with Gasteiger partial charge in [-0.3, -0.25) is 9.59 Å². The van der Waals surface area contributed by atoms with Gasteiger partial charge in [-0.25, -0.2) is 0 Å². The zero-order valence-electron chi connectivity index (χ0n) is 17.6. The topological polar surface area (TPSA) is 50.5 Å². The van der Waals surface area contributed by atoms with Crippen molar-refractivity contribution in [3.63, 3.8) is 0 Å². The van der Waals surface area contributed by atoms with Gasteiger partial charge in [-0.05, 0) is 48.6 Å². The molecule has 2 heterocycles. The first-order valence-corrected chi connectivity index (χ1v) is 11.0. The first-order valence-electron chi connectivity index (χ1n) is 10.6. The molecule has 2 aromatic carbocycles. The summed E-state index contributed by atoms with van der Waals surface area (Å²) in [5.41, 5.74) is 3.61. The van der Waals surface area contributed by atoms with Crippen LogP contribution in [0.3, 0.4) is 0 Å². The Balaban J connectivity index is 1.91. The maximum Gasteiger partial charge on any atom is 0.290 e. The summed E-state index contributed by atoms with van der Waals surface area (Å²) in [4.78, 5) is 28.6. The summed E-state index contributed by atoms with van der Waals surface area (Å²) in [5.74, 6) is -0.0486. The van der Waals surface area contributed by atoms with Crippen LogP contribution < -0.4 is 5.43 Å². The quantitative estimate of drug-likeness (QED) is 0.453. The molecule has 1 aliphatic rings. The maximum absolute atomic E-state index is 13.5.